The van der Waals surface area contributed by atoms with Gasteiger partial charge >= 0.3 is 7.82 Å². The highest BCUT2D eigenvalue weighted by Crippen LogP contribution is 2.28. The Hall–Kier alpha value is -2.15. The molecule has 0 atom stereocenters. The molecule has 0 saturated heterocycles. The average Bonchev–Trinajstić information content (AvgIpc) is 2.58. The summed E-state index contributed by atoms with van der Waals surface area (Å²) in [6.07, 6.45) is 0.842. The molecular weight excluding hydrogens is 369 g/mol. The topological polar surface area (TPSA) is 124 Å². The van der Waals surface area contributed by atoms with Gasteiger partial charge in [-0.15, -0.1) is 0 Å². The number of phosphoric acid groups is 1. The summed E-state index contributed by atoms with van der Waals surface area (Å²) in [5.74, 6) is -0.110. The van der Waals surface area contributed by atoms with E-state index in [-0.39, 0.29) is 11.6 Å². The number of benzene rings is 2. The molecule has 7 nitrogen and oxygen atoms in total. The predicted octanol–water partition coefficient (Wildman–Crippen LogP) is 2.07. The van der Waals surface area contributed by atoms with Crippen LogP contribution in [0.5, 0.6) is 0 Å². The molecule has 2 aromatic rings. The molecule has 0 saturated carbocycles. The lowest BCUT2D eigenvalue weighted by Crippen LogP contribution is -2.25. The zero-order valence-electron chi connectivity index (χ0n) is 15.0. The Morgan fingerprint density at radius 3 is 1.89 bits per heavy atom. The van der Waals surface area contributed by atoms with Crippen LogP contribution >= 0.6 is 7.82 Å². The van der Waals surface area contributed by atoms with Crippen LogP contribution in [0.4, 0.5) is 0 Å². The van der Waals surface area contributed by atoms with Gasteiger partial charge in [-0.3, -0.25) is 9.59 Å². The van der Waals surface area contributed by atoms with Crippen molar-refractivity contribution in [1.82, 2.24) is 5.32 Å². The summed E-state index contributed by atoms with van der Waals surface area (Å²) in [6, 6.07) is 13.1. The van der Waals surface area contributed by atoms with Crippen LogP contribution < -0.4 is 5.32 Å². The van der Waals surface area contributed by atoms with E-state index in [1.165, 1.54) is 0 Å². The molecule has 0 radical (unpaired) electrons. The fourth-order valence-corrected chi connectivity index (χ4v) is 2.81. The van der Waals surface area contributed by atoms with E-state index in [0.29, 0.717) is 28.3 Å². The van der Waals surface area contributed by atoms with Gasteiger partial charge in [-0.05, 0) is 24.6 Å². The summed E-state index contributed by atoms with van der Waals surface area (Å²) >= 11 is 0. The quantitative estimate of drug-likeness (QED) is 0.502. The summed E-state index contributed by atoms with van der Waals surface area (Å²) < 4.78 is 8.88. The van der Waals surface area contributed by atoms with Gasteiger partial charge in [-0.1, -0.05) is 50.2 Å². The summed E-state index contributed by atoms with van der Waals surface area (Å²) in [4.78, 5) is 46.7. The number of hydrogen-bond acceptors (Lipinski definition) is 4. The first-order valence-electron chi connectivity index (χ1n) is 8.41. The highest BCUT2D eigenvalue weighted by molar-refractivity contribution is 7.45. The Bertz CT molecular complexity index is 895. The maximum absolute atomic E-state index is 12.6. The molecular formula is C19H22NO6P. The van der Waals surface area contributed by atoms with Crippen molar-refractivity contribution in [2.24, 2.45) is 0 Å². The van der Waals surface area contributed by atoms with Gasteiger partial charge in [0.15, 0.2) is 11.6 Å². The van der Waals surface area contributed by atoms with E-state index < -0.39 is 7.82 Å². The number of carbonyl (C=O) groups is 2. The lowest BCUT2D eigenvalue weighted by Gasteiger charge is -2.18. The molecule has 0 fully saturated rings. The Morgan fingerprint density at radius 2 is 1.37 bits per heavy atom. The molecule has 144 valence electrons. The second-order valence-electron chi connectivity index (χ2n) is 6.46. The van der Waals surface area contributed by atoms with Crippen molar-refractivity contribution in [3.63, 3.8) is 0 Å². The zero-order valence-corrected chi connectivity index (χ0v) is 15.9. The molecule has 1 aliphatic carbocycles. The minimum absolute atomic E-state index is 0.0520. The van der Waals surface area contributed by atoms with Crippen molar-refractivity contribution in [2.75, 3.05) is 6.54 Å². The fraction of sp³-hybridized carbons (Fsp3) is 0.263. The first-order valence-corrected chi connectivity index (χ1v) is 9.97. The number of fused-ring (bicyclic) bond motifs is 2. The molecule has 8 heteroatoms. The summed E-state index contributed by atoms with van der Waals surface area (Å²) in [6.45, 7) is 5.06. The van der Waals surface area contributed by atoms with Crippen LogP contribution in [0.25, 0.3) is 0 Å². The summed E-state index contributed by atoms with van der Waals surface area (Å²) in [5.41, 5.74) is 3.15. The van der Waals surface area contributed by atoms with Gasteiger partial charge in [0.25, 0.3) is 0 Å². The van der Waals surface area contributed by atoms with E-state index in [1.54, 1.807) is 30.3 Å². The Labute approximate surface area is 157 Å². The minimum atomic E-state index is -4.64. The Kier molecular flexibility index (Phi) is 6.81. The van der Waals surface area contributed by atoms with Crippen LogP contribution in [0.1, 0.15) is 51.3 Å². The molecule has 2 aromatic carbocycles. The molecule has 0 aliphatic heterocycles. The van der Waals surface area contributed by atoms with Gasteiger partial charge in [0.1, 0.15) is 0 Å². The number of nitrogens with one attached hydrogen (secondary N) is 1. The molecule has 3 rings (SSSR count). The van der Waals surface area contributed by atoms with Crippen molar-refractivity contribution in [3.8, 4) is 0 Å². The standard InChI is InChI=1S/C19H19NO2.H3O4P/c1-12(2)20-10-9-13-7-8-16-17(11-13)19(22)15-6-4-3-5-14(15)18(16)21;1-5(2,3)4/h3-8,11-12,20H,9-10H2,1-2H3;(H3,1,2,3,4). The van der Waals surface area contributed by atoms with Crippen molar-refractivity contribution in [2.45, 2.75) is 26.3 Å². The molecule has 1 aliphatic rings. The first-order chi connectivity index (χ1) is 12.6. The number of ketones is 2. The molecule has 0 unspecified atom stereocenters. The Balaban J connectivity index is 0.000000465. The van der Waals surface area contributed by atoms with Crippen LogP contribution in [-0.4, -0.2) is 38.8 Å². The largest absolute Gasteiger partial charge is 0.466 e. The maximum Gasteiger partial charge on any atom is 0.466 e. The highest BCUT2D eigenvalue weighted by atomic mass is 31.2. The molecule has 27 heavy (non-hydrogen) atoms. The van der Waals surface area contributed by atoms with Crippen molar-refractivity contribution < 1.29 is 28.8 Å². The van der Waals surface area contributed by atoms with Gasteiger partial charge in [0.2, 0.25) is 0 Å². The molecule has 0 bridgehead atoms. The van der Waals surface area contributed by atoms with E-state index >= 15 is 0 Å². The highest BCUT2D eigenvalue weighted by Gasteiger charge is 2.29. The third-order valence-corrected chi connectivity index (χ3v) is 3.96. The van der Waals surface area contributed by atoms with Gasteiger partial charge in [0, 0.05) is 28.3 Å². The fourth-order valence-electron chi connectivity index (χ4n) is 2.81. The van der Waals surface area contributed by atoms with Crippen LogP contribution in [0, 0.1) is 0 Å². The van der Waals surface area contributed by atoms with E-state index in [1.807, 2.05) is 12.1 Å². The normalized spacial score (nSPS) is 13.0. The van der Waals surface area contributed by atoms with Gasteiger partial charge in [-0.25, -0.2) is 4.57 Å². The zero-order chi connectivity index (χ0) is 20.2. The van der Waals surface area contributed by atoms with Crippen LogP contribution in [-0.2, 0) is 11.0 Å². The molecule has 0 spiro atoms. The van der Waals surface area contributed by atoms with Gasteiger partial charge in [0.05, 0.1) is 0 Å². The minimum Gasteiger partial charge on any atom is -0.314 e. The molecule has 4 N–H and O–H groups in total. The number of rotatable bonds is 4. The predicted molar refractivity (Wildman–Crippen MR) is 101 cm³/mol. The van der Waals surface area contributed by atoms with E-state index in [2.05, 4.69) is 19.2 Å². The smallest absolute Gasteiger partial charge is 0.314 e. The van der Waals surface area contributed by atoms with E-state index in [4.69, 9.17) is 19.2 Å². The lowest BCUT2D eigenvalue weighted by molar-refractivity contribution is 0.0979. The monoisotopic (exact) mass is 391 g/mol. The SMILES string of the molecule is CC(C)NCCc1ccc2c(c1)C(=O)c1ccccc1C2=O.O=P(O)(O)O. The second-order valence-corrected chi connectivity index (χ2v) is 7.48. The maximum atomic E-state index is 12.6. The molecule has 0 amide bonds. The molecule has 0 aromatic heterocycles. The van der Waals surface area contributed by atoms with Crippen molar-refractivity contribution >= 4 is 19.4 Å². The second kappa shape index (κ2) is 8.69. The van der Waals surface area contributed by atoms with Crippen molar-refractivity contribution in [3.05, 3.63) is 70.3 Å². The third kappa shape index (κ3) is 5.92. The lowest BCUT2D eigenvalue weighted by atomic mass is 9.83. The van der Waals surface area contributed by atoms with Gasteiger partial charge < -0.3 is 20.0 Å². The third-order valence-electron chi connectivity index (χ3n) is 3.96. The van der Waals surface area contributed by atoms with Crippen LogP contribution in [0.3, 0.4) is 0 Å². The number of hydrogen-bond donors (Lipinski definition) is 4. The number of carbonyl (C=O) groups excluding carboxylic acids is 2. The van der Waals surface area contributed by atoms with E-state index in [0.717, 1.165) is 18.5 Å². The average molecular weight is 391 g/mol. The first kappa shape index (κ1) is 21.2. The molecule has 0 heterocycles. The van der Waals surface area contributed by atoms with E-state index in [9.17, 15) is 9.59 Å². The van der Waals surface area contributed by atoms with Gasteiger partial charge in [-0.2, -0.15) is 0 Å². The Morgan fingerprint density at radius 1 is 0.889 bits per heavy atom. The van der Waals surface area contributed by atoms with Crippen molar-refractivity contribution in [1.29, 1.82) is 0 Å². The van der Waals surface area contributed by atoms with Crippen LogP contribution in [0.15, 0.2) is 42.5 Å². The summed E-state index contributed by atoms with van der Waals surface area (Å²) in [7, 11) is -4.64. The van der Waals surface area contributed by atoms with Crippen LogP contribution in [0.2, 0.25) is 0 Å². The summed E-state index contributed by atoms with van der Waals surface area (Å²) in [5, 5.41) is 3.36.